The molecule has 2 N–H and O–H groups in total. The first-order chi connectivity index (χ1) is 8.82. The van der Waals surface area contributed by atoms with Crippen LogP contribution in [0.1, 0.15) is 39.2 Å². The molecule has 0 saturated heterocycles. The van der Waals surface area contributed by atoms with Crippen molar-refractivity contribution in [3.05, 3.63) is 23.8 Å². The Morgan fingerprint density at radius 2 is 2.05 bits per heavy atom. The lowest BCUT2D eigenvalue weighted by molar-refractivity contribution is 0.0581. The fourth-order valence-corrected chi connectivity index (χ4v) is 2.81. The average molecular weight is 260 g/mol. The van der Waals surface area contributed by atoms with Crippen molar-refractivity contribution in [3.63, 3.8) is 0 Å². The van der Waals surface area contributed by atoms with E-state index >= 15 is 0 Å². The molecule has 4 nitrogen and oxygen atoms in total. The zero-order valence-corrected chi connectivity index (χ0v) is 11.7. The first kappa shape index (κ1) is 12.3. The highest BCUT2D eigenvalue weighted by atomic mass is 16.6. The van der Waals surface area contributed by atoms with Gasteiger partial charge in [0.15, 0.2) is 0 Å². The molecule has 1 heterocycles. The van der Waals surface area contributed by atoms with Crippen molar-refractivity contribution < 1.29 is 9.53 Å². The van der Waals surface area contributed by atoms with Crippen molar-refractivity contribution in [2.45, 2.75) is 44.6 Å². The van der Waals surface area contributed by atoms with Crippen LogP contribution in [0.5, 0.6) is 0 Å². The summed E-state index contributed by atoms with van der Waals surface area (Å²) in [5.41, 5.74) is 8.44. The Hall–Kier alpha value is -1.71. The van der Waals surface area contributed by atoms with Gasteiger partial charge in [0.1, 0.15) is 5.60 Å². The fraction of sp³-hybridized carbons (Fsp3) is 0.533. The molecule has 4 heteroatoms. The van der Waals surface area contributed by atoms with Crippen LogP contribution in [0.4, 0.5) is 16.2 Å². The molecule has 2 aliphatic rings. The van der Waals surface area contributed by atoms with Crippen molar-refractivity contribution in [1.82, 2.24) is 0 Å². The molecule has 1 aliphatic carbocycles. The number of nitrogens with zero attached hydrogens (tertiary/aromatic N) is 1. The molecule has 0 aromatic heterocycles. The van der Waals surface area contributed by atoms with E-state index in [9.17, 15) is 4.79 Å². The quantitative estimate of drug-likeness (QED) is 0.729. The van der Waals surface area contributed by atoms with Crippen LogP contribution in [0.15, 0.2) is 18.2 Å². The predicted octanol–water partition coefficient (Wildman–Crippen LogP) is 3.06. The molecule has 1 aromatic rings. The van der Waals surface area contributed by atoms with E-state index in [1.165, 1.54) is 5.56 Å². The second-order valence-electron chi connectivity index (χ2n) is 6.59. The number of carbonyl (C=O) groups is 1. The smallest absolute Gasteiger partial charge is 0.414 e. The van der Waals surface area contributed by atoms with Crippen LogP contribution in [0.25, 0.3) is 0 Å². The van der Waals surface area contributed by atoms with E-state index in [2.05, 4.69) is 6.07 Å². The molecular weight excluding hydrogens is 240 g/mol. The van der Waals surface area contributed by atoms with Gasteiger partial charge >= 0.3 is 6.09 Å². The largest absolute Gasteiger partial charge is 0.443 e. The monoisotopic (exact) mass is 260 g/mol. The van der Waals surface area contributed by atoms with Crippen LogP contribution >= 0.6 is 0 Å². The lowest BCUT2D eigenvalue weighted by atomic mass is 9.98. The van der Waals surface area contributed by atoms with Crippen LogP contribution < -0.4 is 10.6 Å². The summed E-state index contributed by atoms with van der Waals surface area (Å²) in [5.74, 6) is 0. The third-order valence-electron chi connectivity index (χ3n) is 3.84. The van der Waals surface area contributed by atoms with E-state index in [1.807, 2.05) is 32.9 Å². The number of nitrogens with two attached hydrogens (primary N) is 1. The molecule has 1 aliphatic heterocycles. The molecule has 3 rings (SSSR count). The molecule has 1 aromatic carbocycles. The number of rotatable bonds is 0. The Morgan fingerprint density at radius 1 is 1.37 bits per heavy atom. The van der Waals surface area contributed by atoms with Crippen molar-refractivity contribution in [2.24, 2.45) is 0 Å². The van der Waals surface area contributed by atoms with Gasteiger partial charge in [0.2, 0.25) is 0 Å². The van der Waals surface area contributed by atoms with Crippen molar-refractivity contribution in [2.75, 3.05) is 17.2 Å². The summed E-state index contributed by atoms with van der Waals surface area (Å²) in [6.45, 7) is 6.33. The van der Waals surface area contributed by atoms with Crippen LogP contribution in [0.3, 0.4) is 0 Å². The summed E-state index contributed by atoms with van der Waals surface area (Å²) in [6, 6.07) is 5.90. The van der Waals surface area contributed by atoms with E-state index in [0.29, 0.717) is 12.2 Å². The highest BCUT2D eigenvalue weighted by Gasteiger charge is 2.54. The topological polar surface area (TPSA) is 55.6 Å². The summed E-state index contributed by atoms with van der Waals surface area (Å²) >= 11 is 0. The maximum atomic E-state index is 12.3. The van der Waals surface area contributed by atoms with E-state index in [0.717, 1.165) is 18.5 Å². The normalized spacial score (nSPS) is 19.4. The molecule has 1 saturated carbocycles. The minimum atomic E-state index is -0.486. The number of fused-ring (bicyclic) bond motifs is 2. The summed E-state index contributed by atoms with van der Waals surface area (Å²) in [7, 11) is 0. The summed E-state index contributed by atoms with van der Waals surface area (Å²) < 4.78 is 5.49. The van der Waals surface area contributed by atoms with Gasteiger partial charge in [-0.25, -0.2) is 4.79 Å². The van der Waals surface area contributed by atoms with Gasteiger partial charge in [-0.15, -0.1) is 0 Å². The van der Waals surface area contributed by atoms with Crippen molar-refractivity contribution in [3.8, 4) is 0 Å². The first-order valence-electron chi connectivity index (χ1n) is 6.72. The molecular formula is C15H20N2O2. The van der Waals surface area contributed by atoms with Crippen LogP contribution in [-0.2, 0) is 10.2 Å². The van der Waals surface area contributed by atoms with Gasteiger partial charge in [-0.05, 0) is 45.2 Å². The first-order valence-corrected chi connectivity index (χ1v) is 6.72. The molecule has 0 bridgehead atoms. The number of amides is 1. The van der Waals surface area contributed by atoms with Gasteiger partial charge in [-0.3, -0.25) is 4.90 Å². The van der Waals surface area contributed by atoms with Crippen molar-refractivity contribution in [1.29, 1.82) is 0 Å². The van der Waals surface area contributed by atoms with Crippen LogP contribution in [-0.4, -0.2) is 18.2 Å². The highest BCUT2D eigenvalue weighted by molar-refractivity contribution is 5.96. The third-order valence-corrected chi connectivity index (χ3v) is 3.84. The number of anilines is 2. The summed E-state index contributed by atoms with van der Waals surface area (Å²) in [5, 5.41) is 0. The second kappa shape index (κ2) is 3.65. The van der Waals surface area contributed by atoms with E-state index < -0.39 is 5.60 Å². The lowest BCUT2D eigenvalue weighted by Crippen LogP contribution is -2.37. The number of ether oxygens (including phenoxy) is 1. The molecule has 0 radical (unpaired) electrons. The van der Waals surface area contributed by atoms with Crippen LogP contribution in [0.2, 0.25) is 0 Å². The number of carbonyl (C=O) groups excluding carboxylic acids is 1. The van der Waals surface area contributed by atoms with Gasteiger partial charge in [0, 0.05) is 12.0 Å². The average Bonchev–Trinajstić information content (AvgIpc) is 2.95. The number of nitrogen functional groups attached to an aromatic ring is 1. The Labute approximate surface area is 113 Å². The standard InChI is InChI=1S/C15H20N2O2/c1-14(2,3)19-13(18)17-9-15(7-8-15)10-5-4-6-11(16)12(10)17/h4-6H,7-9,16H2,1-3H3. The maximum absolute atomic E-state index is 12.3. The van der Waals surface area contributed by atoms with Gasteiger partial charge in [0.25, 0.3) is 0 Å². The highest BCUT2D eigenvalue weighted by Crippen LogP contribution is 2.57. The van der Waals surface area contributed by atoms with Gasteiger partial charge < -0.3 is 10.5 Å². The van der Waals surface area contributed by atoms with Crippen molar-refractivity contribution >= 4 is 17.5 Å². The zero-order chi connectivity index (χ0) is 13.8. The zero-order valence-electron chi connectivity index (χ0n) is 11.7. The van der Waals surface area contributed by atoms with E-state index in [-0.39, 0.29) is 11.5 Å². The lowest BCUT2D eigenvalue weighted by Gasteiger charge is -2.25. The predicted molar refractivity (Wildman–Crippen MR) is 75.3 cm³/mol. The molecule has 19 heavy (non-hydrogen) atoms. The number of hydrogen-bond donors (Lipinski definition) is 1. The maximum Gasteiger partial charge on any atom is 0.414 e. The second-order valence-corrected chi connectivity index (χ2v) is 6.59. The van der Waals surface area contributed by atoms with E-state index in [4.69, 9.17) is 10.5 Å². The van der Waals surface area contributed by atoms with Gasteiger partial charge in [-0.2, -0.15) is 0 Å². The van der Waals surface area contributed by atoms with Crippen LogP contribution in [0, 0.1) is 0 Å². The number of hydrogen-bond acceptors (Lipinski definition) is 3. The van der Waals surface area contributed by atoms with Gasteiger partial charge in [-0.1, -0.05) is 12.1 Å². The molecule has 0 unspecified atom stereocenters. The molecule has 1 fully saturated rings. The minimum Gasteiger partial charge on any atom is -0.443 e. The molecule has 102 valence electrons. The Balaban J connectivity index is 1.96. The Kier molecular flexibility index (Phi) is 2.37. The minimum absolute atomic E-state index is 0.140. The third kappa shape index (κ3) is 1.95. The summed E-state index contributed by atoms with van der Waals surface area (Å²) in [4.78, 5) is 14.1. The number of benzene rings is 1. The summed E-state index contributed by atoms with van der Waals surface area (Å²) in [6.07, 6.45) is 1.96. The van der Waals surface area contributed by atoms with Gasteiger partial charge in [0.05, 0.1) is 11.4 Å². The molecule has 0 atom stereocenters. The van der Waals surface area contributed by atoms with E-state index in [1.54, 1.807) is 4.90 Å². The Morgan fingerprint density at radius 3 is 2.63 bits per heavy atom. The Bertz CT molecular complexity index is 542. The SMILES string of the molecule is CC(C)(C)OC(=O)N1CC2(CC2)c2cccc(N)c21. The molecule has 1 amide bonds. The molecule has 1 spiro atoms. The fourth-order valence-electron chi connectivity index (χ4n) is 2.81. The number of para-hydroxylation sites is 1.